The SMILES string of the molecule is NC(N)=NCc1ccc(CNc2ccc3c4c(cccc24)C(=O)N(c2cccc(CCC(=O)NCCc4ccc(Cl)cc4)c2)C3=O)cc1. The lowest BCUT2D eigenvalue weighted by Gasteiger charge is -2.28. The summed E-state index contributed by atoms with van der Waals surface area (Å²) in [6.45, 7) is 1.48. The predicted octanol–water partition coefficient (Wildman–Crippen LogP) is 5.97. The van der Waals surface area contributed by atoms with Gasteiger partial charge >= 0.3 is 0 Å². The lowest BCUT2D eigenvalue weighted by molar-refractivity contribution is -0.121. The zero-order chi connectivity index (χ0) is 33.6. The predicted molar refractivity (Wildman–Crippen MR) is 191 cm³/mol. The first-order valence-corrected chi connectivity index (χ1v) is 16.1. The standard InChI is InChI=1S/C38H35ClN6O3/c39-28-14-11-24(12-15-28)19-20-42-34(46)18-13-25-3-1-4-29(21-25)45-36(47)31-6-2-5-30-33(17-16-32(35(30)31)37(45)48)43-22-26-7-9-27(10-8-26)23-44-38(40)41/h1-12,14-17,21,43H,13,18-20,22-23H2,(H,42,46)(H4,40,41,44). The van der Waals surface area contributed by atoms with Gasteiger partial charge in [0, 0.05) is 52.1 Å². The van der Waals surface area contributed by atoms with E-state index in [4.69, 9.17) is 23.1 Å². The van der Waals surface area contributed by atoms with Crippen LogP contribution in [-0.2, 0) is 30.7 Å². The summed E-state index contributed by atoms with van der Waals surface area (Å²) in [4.78, 5) is 45.5. The molecule has 9 nitrogen and oxygen atoms in total. The number of halogens is 1. The molecule has 0 unspecified atom stereocenters. The summed E-state index contributed by atoms with van der Waals surface area (Å²) in [5, 5.41) is 8.53. The molecule has 5 aromatic carbocycles. The Morgan fingerprint density at radius 3 is 2.19 bits per heavy atom. The summed E-state index contributed by atoms with van der Waals surface area (Å²) >= 11 is 5.94. The molecule has 0 aromatic heterocycles. The fourth-order valence-electron chi connectivity index (χ4n) is 5.82. The summed E-state index contributed by atoms with van der Waals surface area (Å²) in [5.41, 5.74) is 17.1. The summed E-state index contributed by atoms with van der Waals surface area (Å²) in [6, 6.07) is 31.9. The normalized spacial score (nSPS) is 12.2. The van der Waals surface area contributed by atoms with Crippen molar-refractivity contribution >= 4 is 57.4 Å². The molecule has 1 heterocycles. The maximum absolute atomic E-state index is 13.9. The molecule has 6 N–H and O–H groups in total. The van der Waals surface area contributed by atoms with E-state index in [1.807, 2.05) is 72.8 Å². The molecule has 1 aliphatic rings. The zero-order valence-corrected chi connectivity index (χ0v) is 27.0. The van der Waals surface area contributed by atoms with Crippen molar-refractivity contribution in [3.8, 4) is 0 Å². The van der Waals surface area contributed by atoms with Crippen LogP contribution in [0.4, 0.5) is 11.4 Å². The van der Waals surface area contributed by atoms with E-state index in [9.17, 15) is 14.4 Å². The second-order valence-electron chi connectivity index (χ2n) is 11.6. The number of guanidine groups is 1. The van der Waals surface area contributed by atoms with Crippen molar-refractivity contribution < 1.29 is 14.4 Å². The number of nitrogens with two attached hydrogens (primary N) is 2. The van der Waals surface area contributed by atoms with Gasteiger partial charge in [-0.15, -0.1) is 0 Å². The van der Waals surface area contributed by atoms with Crippen molar-refractivity contribution in [2.24, 2.45) is 16.5 Å². The van der Waals surface area contributed by atoms with Crippen LogP contribution in [-0.4, -0.2) is 30.2 Å². The molecule has 0 saturated carbocycles. The zero-order valence-electron chi connectivity index (χ0n) is 26.2. The van der Waals surface area contributed by atoms with E-state index in [0.717, 1.165) is 33.3 Å². The number of benzene rings is 5. The Morgan fingerprint density at radius 1 is 0.750 bits per heavy atom. The quantitative estimate of drug-likeness (QED) is 0.0739. The Morgan fingerprint density at radius 2 is 1.44 bits per heavy atom. The molecule has 0 aliphatic carbocycles. The largest absolute Gasteiger partial charge is 0.380 e. The summed E-state index contributed by atoms with van der Waals surface area (Å²) in [5.74, 6) is -0.784. The number of hydrogen-bond donors (Lipinski definition) is 4. The van der Waals surface area contributed by atoms with Crippen LogP contribution in [0.25, 0.3) is 10.8 Å². The molecule has 0 spiro atoms. The van der Waals surface area contributed by atoms with Crippen LogP contribution in [0.5, 0.6) is 0 Å². The van der Waals surface area contributed by atoms with Gasteiger partial charge in [0.25, 0.3) is 11.8 Å². The highest BCUT2D eigenvalue weighted by Gasteiger charge is 2.34. The lowest BCUT2D eigenvalue weighted by Crippen LogP contribution is -2.40. The Hall–Kier alpha value is -5.67. The monoisotopic (exact) mass is 658 g/mol. The number of carbonyl (C=O) groups is 3. The maximum Gasteiger partial charge on any atom is 0.265 e. The number of amides is 3. The number of rotatable bonds is 12. The second-order valence-corrected chi connectivity index (χ2v) is 12.1. The highest BCUT2D eigenvalue weighted by Crippen LogP contribution is 2.36. The lowest BCUT2D eigenvalue weighted by atomic mass is 9.92. The van der Waals surface area contributed by atoms with Gasteiger partial charge in [0.2, 0.25) is 5.91 Å². The third-order valence-corrected chi connectivity index (χ3v) is 8.57. The van der Waals surface area contributed by atoms with E-state index in [1.165, 1.54) is 4.90 Å². The van der Waals surface area contributed by atoms with E-state index < -0.39 is 0 Å². The van der Waals surface area contributed by atoms with E-state index in [1.54, 1.807) is 30.3 Å². The number of imide groups is 1. The number of anilines is 2. The van der Waals surface area contributed by atoms with E-state index in [0.29, 0.717) is 59.7 Å². The number of nitrogens with zero attached hydrogens (tertiary/aromatic N) is 2. The summed E-state index contributed by atoms with van der Waals surface area (Å²) in [7, 11) is 0. The topological polar surface area (TPSA) is 143 Å². The van der Waals surface area contributed by atoms with Gasteiger partial charge in [-0.3, -0.25) is 14.4 Å². The van der Waals surface area contributed by atoms with Crippen molar-refractivity contribution in [1.82, 2.24) is 5.32 Å². The molecule has 0 atom stereocenters. The smallest absolute Gasteiger partial charge is 0.265 e. The molecule has 0 radical (unpaired) electrons. The molecule has 48 heavy (non-hydrogen) atoms. The number of carbonyl (C=O) groups excluding carboxylic acids is 3. The van der Waals surface area contributed by atoms with E-state index in [-0.39, 0.29) is 30.1 Å². The molecular weight excluding hydrogens is 624 g/mol. The fraction of sp³-hybridized carbons (Fsp3) is 0.158. The first-order chi connectivity index (χ1) is 23.3. The Bertz CT molecular complexity index is 2000. The molecule has 0 saturated heterocycles. The van der Waals surface area contributed by atoms with Crippen LogP contribution in [0, 0.1) is 0 Å². The van der Waals surface area contributed by atoms with Crippen molar-refractivity contribution in [3.63, 3.8) is 0 Å². The average molecular weight is 659 g/mol. The van der Waals surface area contributed by atoms with Crippen LogP contribution < -0.4 is 27.0 Å². The molecule has 3 amide bonds. The first-order valence-electron chi connectivity index (χ1n) is 15.7. The molecule has 0 bridgehead atoms. The van der Waals surface area contributed by atoms with Gasteiger partial charge in [0.1, 0.15) is 0 Å². The highest BCUT2D eigenvalue weighted by atomic mass is 35.5. The maximum atomic E-state index is 13.9. The first kappa shape index (κ1) is 32.3. The van der Waals surface area contributed by atoms with Gasteiger partial charge in [-0.25, -0.2) is 9.89 Å². The van der Waals surface area contributed by atoms with E-state index >= 15 is 0 Å². The van der Waals surface area contributed by atoms with Crippen molar-refractivity contribution in [3.05, 3.63) is 142 Å². The molecule has 242 valence electrons. The summed E-state index contributed by atoms with van der Waals surface area (Å²) < 4.78 is 0. The third kappa shape index (κ3) is 7.32. The van der Waals surface area contributed by atoms with Gasteiger partial charge in [-0.2, -0.15) is 0 Å². The van der Waals surface area contributed by atoms with Crippen LogP contribution in [0.1, 0.15) is 49.4 Å². The second kappa shape index (κ2) is 14.4. The third-order valence-electron chi connectivity index (χ3n) is 8.32. The van der Waals surface area contributed by atoms with Crippen LogP contribution >= 0.6 is 11.6 Å². The number of aliphatic imine (C=N–C) groups is 1. The van der Waals surface area contributed by atoms with Crippen molar-refractivity contribution in [2.45, 2.75) is 32.4 Å². The van der Waals surface area contributed by atoms with Crippen LogP contribution in [0.2, 0.25) is 5.02 Å². The van der Waals surface area contributed by atoms with Crippen LogP contribution in [0.15, 0.2) is 108 Å². The van der Waals surface area contributed by atoms with Gasteiger partial charge < -0.3 is 22.1 Å². The summed E-state index contributed by atoms with van der Waals surface area (Å²) in [6.07, 6.45) is 1.46. The van der Waals surface area contributed by atoms with E-state index in [2.05, 4.69) is 15.6 Å². The molecule has 5 aromatic rings. The molecular formula is C38H35ClN6O3. The Kier molecular flexibility index (Phi) is 9.68. The van der Waals surface area contributed by atoms with Gasteiger partial charge in [0.05, 0.1) is 12.2 Å². The van der Waals surface area contributed by atoms with Gasteiger partial charge in [-0.05, 0) is 77.6 Å². The Balaban J connectivity index is 1.12. The Labute approximate surface area is 283 Å². The van der Waals surface area contributed by atoms with Crippen molar-refractivity contribution in [2.75, 3.05) is 16.8 Å². The fourth-order valence-corrected chi connectivity index (χ4v) is 5.95. The molecule has 10 heteroatoms. The number of aryl methyl sites for hydroxylation is 1. The van der Waals surface area contributed by atoms with Gasteiger partial charge in [0.15, 0.2) is 5.96 Å². The minimum Gasteiger partial charge on any atom is -0.380 e. The number of nitrogens with one attached hydrogen (secondary N) is 2. The number of hydrogen-bond acceptors (Lipinski definition) is 5. The molecule has 1 aliphatic heterocycles. The minimum absolute atomic E-state index is 0.0520. The molecule has 6 rings (SSSR count). The average Bonchev–Trinajstić information content (AvgIpc) is 3.09. The molecule has 0 fully saturated rings. The van der Waals surface area contributed by atoms with Crippen LogP contribution in [0.3, 0.4) is 0 Å². The minimum atomic E-state index is -0.385. The van der Waals surface area contributed by atoms with Gasteiger partial charge in [-0.1, -0.05) is 72.3 Å². The van der Waals surface area contributed by atoms with Crippen molar-refractivity contribution in [1.29, 1.82) is 0 Å². The highest BCUT2D eigenvalue weighted by molar-refractivity contribution is 6.36.